The van der Waals surface area contributed by atoms with Crippen LogP contribution in [-0.2, 0) is 4.79 Å². The van der Waals surface area contributed by atoms with Crippen molar-refractivity contribution in [1.29, 1.82) is 0 Å². The number of nitrogens with one attached hydrogen (secondary N) is 1. The number of hydrogen-bond acceptors (Lipinski definition) is 4. The van der Waals surface area contributed by atoms with Crippen molar-refractivity contribution in [1.82, 2.24) is 5.32 Å². The van der Waals surface area contributed by atoms with Crippen molar-refractivity contribution < 1.29 is 19.1 Å². The van der Waals surface area contributed by atoms with Crippen molar-refractivity contribution in [2.24, 2.45) is 0 Å². The Morgan fingerprint density at radius 3 is 2.62 bits per heavy atom. The molecule has 0 saturated heterocycles. The normalized spacial score (nSPS) is 15.8. The lowest BCUT2D eigenvalue weighted by Crippen LogP contribution is -2.32. The summed E-state index contributed by atoms with van der Waals surface area (Å²) in [7, 11) is 0. The van der Waals surface area contributed by atoms with Gasteiger partial charge in [0, 0.05) is 24.5 Å². The smallest absolute Gasteiger partial charge is 0.308 e. The zero-order valence-corrected chi connectivity index (χ0v) is 13.7. The fraction of sp³-hybridized carbons (Fsp3) is 0.263. The Morgan fingerprint density at radius 2 is 1.92 bits per heavy atom. The average molecular weight is 325 g/mol. The second kappa shape index (κ2) is 6.74. The molecule has 2 aromatic carbocycles. The minimum absolute atomic E-state index is 0.0747. The van der Waals surface area contributed by atoms with Crippen LogP contribution in [0.15, 0.2) is 42.5 Å². The summed E-state index contributed by atoms with van der Waals surface area (Å²) in [4.78, 5) is 23.4. The van der Waals surface area contributed by atoms with Crippen molar-refractivity contribution in [3.8, 4) is 11.5 Å². The molecule has 0 bridgehead atoms. The molecule has 1 unspecified atom stereocenters. The average Bonchev–Trinajstić information content (AvgIpc) is 2.55. The van der Waals surface area contributed by atoms with Crippen LogP contribution in [0.25, 0.3) is 0 Å². The maximum absolute atomic E-state index is 12.5. The van der Waals surface area contributed by atoms with E-state index >= 15 is 0 Å². The number of aryl methyl sites for hydroxylation is 1. The minimum atomic E-state index is -0.388. The third-order valence-electron chi connectivity index (χ3n) is 3.89. The first-order valence-corrected chi connectivity index (χ1v) is 7.85. The van der Waals surface area contributed by atoms with Crippen LogP contribution >= 0.6 is 0 Å². The van der Waals surface area contributed by atoms with E-state index in [-0.39, 0.29) is 17.9 Å². The predicted molar refractivity (Wildman–Crippen MR) is 89.2 cm³/mol. The molecule has 24 heavy (non-hydrogen) atoms. The van der Waals surface area contributed by atoms with Crippen LogP contribution in [-0.4, -0.2) is 18.5 Å². The van der Waals surface area contributed by atoms with E-state index in [1.165, 1.54) is 6.92 Å². The van der Waals surface area contributed by atoms with Gasteiger partial charge in [-0.05, 0) is 37.3 Å². The van der Waals surface area contributed by atoms with Crippen molar-refractivity contribution in [2.75, 3.05) is 6.61 Å². The highest BCUT2D eigenvalue weighted by Gasteiger charge is 2.23. The molecule has 1 N–H and O–H groups in total. The van der Waals surface area contributed by atoms with Gasteiger partial charge in [-0.15, -0.1) is 0 Å². The van der Waals surface area contributed by atoms with E-state index in [9.17, 15) is 9.59 Å². The van der Waals surface area contributed by atoms with E-state index in [1.54, 1.807) is 24.3 Å². The highest BCUT2D eigenvalue weighted by atomic mass is 16.5. The van der Waals surface area contributed by atoms with Crippen molar-refractivity contribution in [3.05, 3.63) is 59.2 Å². The summed E-state index contributed by atoms with van der Waals surface area (Å²) >= 11 is 0. The van der Waals surface area contributed by atoms with Gasteiger partial charge in [0.2, 0.25) is 0 Å². The van der Waals surface area contributed by atoms with E-state index < -0.39 is 0 Å². The molecule has 1 amide bonds. The lowest BCUT2D eigenvalue weighted by Gasteiger charge is -2.27. The topological polar surface area (TPSA) is 64.6 Å². The van der Waals surface area contributed by atoms with Crippen LogP contribution < -0.4 is 14.8 Å². The van der Waals surface area contributed by atoms with Crippen molar-refractivity contribution >= 4 is 11.9 Å². The molecule has 0 saturated carbocycles. The molecule has 2 aromatic rings. The van der Waals surface area contributed by atoms with Crippen LogP contribution in [0.3, 0.4) is 0 Å². The summed E-state index contributed by atoms with van der Waals surface area (Å²) in [5.41, 5.74) is 2.65. The maximum Gasteiger partial charge on any atom is 0.308 e. The molecule has 0 fully saturated rings. The van der Waals surface area contributed by atoms with E-state index in [0.29, 0.717) is 17.9 Å². The third kappa shape index (κ3) is 3.56. The summed E-state index contributed by atoms with van der Waals surface area (Å²) in [6.07, 6.45) is 0.730. The maximum atomic E-state index is 12.5. The zero-order chi connectivity index (χ0) is 17.1. The van der Waals surface area contributed by atoms with E-state index in [2.05, 4.69) is 5.32 Å². The molecular formula is C19H19NO4. The van der Waals surface area contributed by atoms with Crippen molar-refractivity contribution in [2.45, 2.75) is 26.3 Å². The predicted octanol–water partition coefficient (Wildman–Crippen LogP) is 3.17. The lowest BCUT2D eigenvalue weighted by molar-refractivity contribution is -0.131. The second-order valence-electron chi connectivity index (χ2n) is 5.82. The van der Waals surface area contributed by atoms with Gasteiger partial charge >= 0.3 is 5.97 Å². The first-order valence-electron chi connectivity index (χ1n) is 7.85. The Kier molecular flexibility index (Phi) is 4.51. The summed E-state index contributed by atoms with van der Waals surface area (Å²) in [6.45, 7) is 3.93. The Bertz CT molecular complexity index is 767. The van der Waals surface area contributed by atoms with Gasteiger partial charge < -0.3 is 14.8 Å². The molecule has 1 aliphatic heterocycles. The number of rotatable bonds is 3. The number of esters is 1. The molecule has 1 heterocycles. The Morgan fingerprint density at radius 1 is 1.17 bits per heavy atom. The third-order valence-corrected chi connectivity index (χ3v) is 3.89. The number of carbonyl (C=O) groups excluding carboxylic acids is 2. The molecule has 0 aromatic heterocycles. The molecule has 5 heteroatoms. The van der Waals surface area contributed by atoms with Crippen LogP contribution in [0.4, 0.5) is 0 Å². The molecule has 124 valence electrons. The summed E-state index contributed by atoms with van der Waals surface area (Å²) in [6, 6.07) is 12.4. The Labute approximate surface area is 140 Å². The van der Waals surface area contributed by atoms with Gasteiger partial charge in [0.15, 0.2) is 0 Å². The largest absolute Gasteiger partial charge is 0.493 e. The quantitative estimate of drug-likeness (QED) is 0.695. The SMILES string of the molecule is CC(=O)Oc1ccc(C(=O)NC2CCOc3ccc(C)cc32)cc1. The Balaban J connectivity index is 1.74. The van der Waals surface area contributed by atoms with Crippen LogP contribution in [0, 0.1) is 6.92 Å². The number of ether oxygens (including phenoxy) is 2. The van der Waals surface area contributed by atoms with Crippen LogP contribution in [0.1, 0.15) is 40.9 Å². The molecule has 5 nitrogen and oxygen atoms in total. The second-order valence-corrected chi connectivity index (χ2v) is 5.82. The van der Waals surface area contributed by atoms with E-state index in [0.717, 1.165) is 23.3 Å². The number of benzene rings is 2. The number of carbonyl (C=O) groups is 2. The fourth-order valence-corrected chi connectivity index (χ4v) is 2.75. The van der Waals surface area contributed by atoms with Gasteiger partial charge in [-0.2, -0.15) is 0 Å². The summed E-state index contributed by atoms with van der Waals surface area (Å²) < 4.78 is 10.6. The van der Waals surface area contributed by atoms with Crippen LogP contribution in [0.2, 0.25) is 0 Å². The number of fused-ring (bicyclic) bond motifs is 1. The van der Waals surface area contributed by atoms with Gasteiger partial charge in [-0.1, -0.05) is 17.7 Å². The number of amides is 1. The monoisotopic (exact) mass is 325 g/mol. The molecule has 1 atom stereocenters. The molecule has 1 aliphatic rings. The fourth-order valence-electron chi connectivity index (χ4n) is 2.75. The van der Waals surface area contributed by atoms with E-state index in [1.807, 2.05) is 25.1 Å². The lowest BCUT2D eigenvalue weighted by atomic mass is 9.98. The zero-order valence-electron chi connectivity index (χ0n) is 13.7. The van der Waals surface area contributed by atoms with Gasteiger partial charge in [-0.3, -0.25) is 9.59 Å². The summed E-state index contributed by atoms with van der Waals surface area (Å²) in [5.74, 6) is 0.693. The van der Waals surface area contributed by atoms with Crippen molar-refractivity contribution in [3.63, 3.8) is 0 Å². The van der Waals surface area contributed by atoms with Gasteiger partial charge in [0.25, 0.3) is 5.91 Å². The van der Waals surface area contributed by atoms with E-state index in [4.69, 9.17) is 9.47 Å². The van der Waals surface area contributed by atoms with Crippen LogP contribution in [0.5, 0.6) is 11.5 Å². The standard InChI is InChI=1S/C19H19NO4/c1-12-3-8-18-16(11-12)17(9-10-23-18)20-19(22)14-4-6-15(7-5-14)24-13(2)21/h3-8,11,17H,9-10H2,1-2H3,(H,20,22). The Hall–Kier alpha value is -2.82. The highest BCUT2D eigenvalue weighted by molar-refractivity contribution is 5.94. The molecule has 3 rings (SSSR count). The van der Waals surface area contributed by atoms with Gasteiger partial charge in [0.05, 0.1) is 12.6 Å². The molecule has 0 radical (unpaired) electrons. The first-order chi connectivity index (χ1) is 11.5. The highest BCUT2D eigenvalue weighted by Crippen LogP contribution is 2.32. The number of hydrogen-bond donors (Lipinski definition) is 1. The minimum Gasteiger partial charge on any atom is -0.493 e. The van der Waals surface area contributed by atoms with Gasteiger partial charge in [0.1, 0.15) is 11.5 Å². The molecular weight excluding hydrogens is 306 g/mol. The molecule has 0 spiro atoms. The molecule has 0 aliphatic carbocycles. The summed E-state index contributed by atoms with van der Waals surface area (Å²) in [5, 5.41) is 3.05. The first kappa shape index (κ1) is 16.1. The van der Waals surface area contributed by atoms with Gasteiger partial charge in [-0.25, -0.2) is 0 Å².